The van der Waals surface area contributed by atoms with Gasteiger partial charge in [-0.2, -0.15) is 11.8 Å². The lowest BCUT2D eigenvalue weighted by Crippen LogP contribution is -2.51. The molecular formula is C14H27NS. The molecule has 0 aromatic rings. The van der Waals surface area contributed by atoms with Gasteiger partial charge in [0.2, 0.25) is 0 Å². The monoisotopic (exact) mass is 241 g/mol. The highest BCUT2D eigenvalue weighted by Crippen LogP contribution is 2.35. The average molecular weight is 241 g/mol. The molecule has 2 heteroatoms. The first-order chi connectivity index (χ1) is 7.59. The summed E-state index contributed by atoms with van der Waals surface area (Å²) in [6.07, 6.45) is 7.19. The Hall–Kier alpha value is 0.310. The molecule has 94 valence electrons. The molecule has 2 fully saturated rings. The highest BCUT2D eigenvalue weighted by Gasteiger charge is 2.34. The zero-order valence-electron chi connectivity index (χ0n) is 11.1. The van der Waals surface area contributed by atoms with E-state index in [1.807, 2.05) is 0 Å². The highest BCUT2D eigenvalue weighted by molar-refractivity contribution is 7.99. The second-order valence-electron chi connectivity index (χ2n) is 6.37. The quantitative estimate of drug-likeness (QED) is 0.809. The molecule has 2 aliphatic rings. The van der Waals surface area contributed by atoms with E-state index < -0.39 is 0 Å². The van der Waals surface area contributed by atoms with Crippen LogP contribution < -0.4 is 5.32 Å². The van der Waals surface area contributed by atoms with Crippen LogP contribution >= 0.6 is 11.8 Å². The molecule has 0 spiro atoms. The maximum Gasteiger partial charge on any atom is 0.0212 e. The molecule has 0 radical (unpaired) electrons. The average Bonchev–Trinajstić information content (AvgIpc) is 2.74. The van der Waals surface area contributed by atoms with E-state index in [4.69, 9.17) is 0 Å². The summed E-state index contributed by atoms with van der Waals surface area (Å²) in [6.45, 7) is 7.28. The molecule has 2 atom stereocenters. The van der Waals surface area contributed by atoms with Gasteiger partial charge in [-0.1, -0.05) is 26.7 Å². The van der Waals surface area contributed by atoms with Crippen LogP contribution in [0.1, 0.15) is 52.9 Å². The summed E-state index contributed by atoms with van der Waals surface area (Å²) in [5, 5.41) is 3.93. The van der Waals surface area contributed by atoms with Gasteiger partial charge in [0.15, 0.2) is 0 Å². The fourth-order valence-electron chi connectivity index (χ4n) is 3.12. The summed E-state index contributed by atoms with van der Waals surface area (Å²) in [4.78, 5) is 0. The summed E-state index contributed by atoms with van der Waals surface area (Å²) >= 11 is 2.13. The molecule has 0 bridgehead atoms. The summed E-state index contributed by atoms with van der Waals surface area (Å²) < 4.78 is 0. The Labute approximate surface area is 105 Å². The molecule has 0 aromatic heterocycles. The zero-order chi connectivity index (χ0) is 11.6. The van der Waals surface area contributed by atoms with E-state index in [1.165, 1.54) is 43.6 Å². The molecule has 0 amide bonds. The van der Waals surface area contributed by atoms with Crippen molar-refractivity contribution >= 4 is 11.8 Å². The Morgan fingerprint density at radius 3 is 2.56 bits per heavy atom. The summed E-state index contributed by atoms with van der Waals surface area (Å²) in [7, 11) is 0. The van der Waals surface area contributed by atoms with Crippen LogP contribution in [0.3, 0.4) is 0 Å². The lowest BCUT2D eigenvalue weighted by Gasteiger charge is -2.41. The standard InChI is InChI=1S/C14H27NS/c1-11(12-6-4-5-7-12)15-13-10-16-9-8-14(13,2)3/h11-13,15H,4-10H2,1-3H3. The molecule has 2 unspecified atom stereocenters. The smallest absolute Gasteiger partial charge is 0.0212 e. The first-order valence-corrected chi connectivity index (χ1v) is 8.09. The normalized spacial score (nSPS) is 32.8. The van der Waals surface area contributed by atoms with Gasteiger partial charge < -0.3 is 5.32 Å². The van der Waals surface area contributed by atoms with E-state index in [-0.39, 0.29) is 0 Å². The van der Waals surface area contributed by atoms with Crippen molar-refractivity contribution in [1.29, 1.82) is 0 Å². The van der Waals surface area contributed by atoms with Gasteiger partial charge >= 0.3 is 0 Å². The third-order valence-electron chi connectivity index (χ3n) is 4.69. The molecule has 2 rings (SSSR count). The SMILES string of the molecule is CC(NC1CSCCC1(C)C)C1CCCC1. The predicted octanol–water partition coefficient (Wildman–Crippen LogP) is 3.69. The molecule has 0 aromatic carbocycles. The Kier molecular flexibility index (Phi) is 4.23. The van der Waals surface area contributed by atoms with Crippen molar-refractivity contribution in [3.8, 4) is 0 Å². The number of hydrogen-bond acceptors (Lipinski definition) is 2. The van der Waals surface area contributed by atoms with Crippen molar-refractivity contribution in [2.45, 2.75) is 65.0 Å². The molecule has 1 heterocycles. The Morgan fingerprint density at radius 1 is 1.25 bits per heavy atom. The minimum atomic E-state index is 0.498. The molecule has 1 saturated heterocycles. The number of thioether (sulfide) groups is 1. The lowest BCUT2D eigenvalue weighted by molar-refractivity contribution is 0.211. The molecule has 1 N–H and O–H groups in total. The van der Waals surface area contributed by atoms with Gasteiger partial charge in [0.05, 0.1) is 0 Å². The van der Waals surface area contributed by atoms with Crippen LogP contribution in [0.15, 0.2) is 0 Å². The maximum absolute atomic E-state index is 3.93. The van der Waals surface area contributed by atoms with Crippen LogP contribution in [0.25, 0.3) is 0 Å². The number of hydrogen-bond donors (Lipinski definition) is 1. The predicted molar refractivity (Wildman–Crippen MR) is 74.1 cm³/mol. The molecular weight excluding hydrogens is 214 g/mol. The van der Waals surface area contributed by atoms with E-state index in [9.17, 15) is 0 Å². The summed E-state index contributed by atoms with van der Waals surface area (Å²) in [6, 6.07) is 1.45. The lowest BCUT2D eigenvalue weighted by atomic mass is 9.81. The first kappa shape index (κ1) is 12.8. The van der Waals surface area contributed by atoms with Crippen molar-refractivity contribution in [3.05, 3.63) is 0 Å². The maximum atomic E-state index is 3.93. The molecule has 1 aliphatic heterocycles. The number of rotatable bonds is 3. The van der Waals surface area contributed by atoms with Crippen molar-refractivity contribution in [2.75, 3.05) is 11.5 Å². The van der Waals surface area contributed by atoms with E-state index in [1.54, 1.807) is 0 Å². The van der Waals surface area contributed by atoms with Crippen LogP contribution in [0.5, 0.6) is 0 Å². The van der Waals surface area contributed by atoms with Gasteiger partial charge in [0.1, 0.15) is 0 Å². The van der Waals surface area contributed by atoms with Crippen molar-refractivity contribution in [2.24, 2.45) is 11.3 Å². The first-order valence-electron chi connectivity index (χ1n) is 6.93. The van der Waals surface area contributed by atoms with Gasteiger partial charge in [-0.05, 0) is 43.3 Å². The minimum Gasteiger partial charge on any atom is -0.310 e. The molecule has 1 nitrogen and oxygen atoms in total. The fourth-order valence-corrected chi connectivity index (χ4v) is 4.74. The van der Waals surface area contributed by atoms with Gasteiger partial charge in [-0.3, -0.25) is 0 Å². The Balaban J connectivity index is 1.87. The van der Waals surface area contributed by atoms with Gasteiger partial charge in [0.25, 0.3) is 0 Å². The van der Waals surface area contributed by atoms with Crippen molar-refractivity contribution in [3.63, 3.8) is 0 Å². The van der Waals surface area contributed by atoms with Gasteiger partial charge in [0, 0.05) is 17.8 Å². The third-order valence-corrected chi connectivity index (χ3v) is 5.75. The fraction of sp³-hybridized carbons (Fsp3) is 1.00. The largest absolute Gasteiger partial charge is 0.310 e. The van der Waals surface area contributed by atoms with E-state index >= 15 is 0 Å². The number of nitrogens with one attached hydrogen (secondary N) is 1. The topological polar surface area (TPSA) is 12.0 Å². The Morgan fingerprint density at radius 2 is 1.94 bits per heavy atom. The van der Waals surface area contributed by atoms with E-state index in [0.717, 1.165) is 18.0 Å². The molecule has 1 saturated carbocycles. The van der Waals surface area contributed by atoms with Crippen LogP contribution in [0.4, 0.5) is 0 Å². The van der Waals surface area contributed by atoms with E-state index in [0.29, 0.717) is 5.41 Å². The Bertz CT molecular complexity index is 221. The second kappa shape index (κ2) is 5.30. The van der Waals surface area contributed by atoms with Crippen LogP contribution in [0.2, 0.25) is 0 Å². The minimum absolute atomic E-state index is 0.498. The van der Waals surface area contributed by atoms with Crippen molar-refractivity contribution in [1.82, 2.24) is 5.32 Å². The van der Waals surface area contributed by atoms with Crippen LogP contribution in [-0.4, -0.2) is 23.6 Å². The molecule has 16 heavy (non-hydrogen) atoms. The molecule has 1 aliphatic carbocycles. The van der Waals surface area contributed by atoms with Crippen LogP contribution in [-0.2, 0) is 0 Å². The van der Waals surface area contributed by atoms with Crippen LogP contribution in [0, 0.1) is 11.3 Å². The van der Waals surface area contributed by atoms with Gasteiger partial charge in [-0.15, -0.1) is 0 Å². The second-order valence-corrected chi connectivity index (χ2v) is 7.52. The summed E-state index contributed by atoms with van der Waals surface area (Å²) in [5.74, 6) is 3.61. The zero-order valence-corrected chi connectivity index (χ0v) is 11.9. The van der Waals surface area contributed by atoms with E-state index in [2.05, 4.69) is 37.8 Å². The summed E-state index contributed by atoms with van der Waals surface area (Å²) in [5.41, 5.74) is 0.498. The highest BCUT2D eigenvalue weighted by atomic mass is 32.2. The third kappa shape index (κ3) is 2.95. The van der Waals surface area contributed by atoms with Gasteiger partial charge in [-0.25, -0.2) is 0 Å². The van der Waals surface area contributed by atoms with Crippen molar-refractivity contribution < 1.29 is 0 Å².